The van der Waals surface area contributed by atoms with Crippen LogP contribution in [0.2, 0.25) is 0 Å². The van der Waals surface area contributed by atoms with E-state index in [-0.39, 0.29) is 5.41 Å². The maximum absolute atomic E-state index is 5.44. The molecule has 7 nitrogen and oxygen atoms in total. The van der Waals surface area contributed by atoms with E-state index in [2.05, 4.69) is 122 Å². The van der Waals surface area contributed by atoms with E-state index in [1.807, 2.05) is 72.9 Å². The van der Waals surface area contributed by atoms with Crippen molar-refractivity contribution in [3.8, 4) is 73.9 Å². The van der Waals surface area contributed by atoms with Gasteiger partial charge < -0.3 is 4.57 Å². The molecule has 7 heteroatoms. The quantitative estimate of drug-likeness (QED) is 0.169. The van der Waals surface area contributed by atoms with Crippen LogP contribution in [-0.4, -0.2) is 34.5 Å². The lowest BCUT2D eigenvalue weighted by Gasteiger charge is -2.23. The number of hydrogen-bond acceptors (Lipinski definition) is 6. The van der Waals surface area contributed by atoms with Gasteiger partial charge in [-0.15, -0.1) is 0 Å². The van der Waals surface area contributed by atoms with E-state index in [1.54, 1.807) is 0 Å². The molecule has 0 bridgehead atoms. The van der Waals surface area contributed by atoms with Gasteiger partial charge in [0.2, 0.25) is 0 Å². The molecule has 11 rings (SSSR count). The zero-order chi connectivity index (χ0) is 38.8. The number of rotatable bonds is 6. The number of fused-ring (bicyclic) bond motifs is 6. The highest BCUT2D eigenvalue weighted by atomic mass is 15.0. The summed E-state index contributed by atoms with van der Waals surface area (Å²) in [5.41, 5.74) is 12.6. The second kappa shape index (κ2) is 13.2. The van der Waals surface area contributed by atoms with Crippen LogP contribution in [0.4, 0.5) is 0 Å². The zero-order valence-electron chi connectivity index (χ0n) is 31.9. The van der Waals surface area contributed by atoms with Crippen LogP contribution >= 0.6 is 0 Å². The van der Waals surface area contributed by atoms with E-state index in [9.17, 15) is 0 Å². The highest BCUT2D eigenvalue weighted by molar-refractivity contribution is 6.10. The van der Waals surface area contributed by atoms with Gasteiger partial charge in [0.1, 0.15) is 5.69 Å². The minimum atomic E-state index is -0.342. The average molecular weight is 746 g/mol. The van der Waals surface area contributed by atoms with Gasteiger partial charge >= 0.3 is 0 Å². The van der Waals surface area contributed by atoms with Gasteiger partial charge in [-0.25, -0.2) is 24.9 Å². The third-order valence-electron chi connectivity index (χ3n) is 11.3. The van der Waals surface area contributed by atoms with Crippen LogP contribution in [-0.2, 0) is 5.41 Å². The highest BCUT2D eigenvalue weighted by Gasteiger charge is 2.40. The Kier molecular flexibility index (Phi) is 7.69. The van der Waals surface area contributed by atoms with Crippen molar-refractivity contribution in [1.29, 1.82) is 0 Å². The van der Waals surface area contributed by atoms with Crippen molar-refractivity contribution in [1.82, 2.24) is 34.5 Å². The molecule has 1 aliphatic rings. The molecule has 0 atom stereocenters. The topological polar surface area (TPSA) is 82.3 Å². The molecular weight excluding hydrogens is 711 g/mol. The molecule has 0 N–H and O–H groups in total. The van der Waals surface area contributed by atoms with Crippen molar-refractivity contribution < 1.29 is 0 Å². The lowest BCUT2D eigenvalue weighted by Crippen LogP contribution is -2.17. The number of nitrogens with zero attached hydrogens (tertiary/aromatic N) is 7. The maximum atomic E-state index is 5.44. The molecule has 0 spiro atoms. The molecule has 0 saturated heterocycles. The summed E-state index contributed by atoms with van der Waals surface area (Å²) in [6.07, 6.45) is 1.89. The van der Waals surface area contributed by atoms with Crippen LogP contribution in [0.3, 0.4) is 0 Å². The number of benzene rings is 6. The van der Waals surface area contributed by atoms with E-state index in [0.29, 0.717) is 29.0 Å². The molecule has 1 aliphatic carbocycles. The van der Waals surface area contributed by atoms with Crippen LogP contribution in [0.15, 0.2) is 176 Å². The summed E-state index contributed by atoms with van der Waals surface area (Å²) in [7, 11) is 0. The molecule has 274 valence electrons. The van der Waals surface area contributed by atoms with E-state index in [1.165, 1.54) is 16.3 Å². The second-order valence-electron chi connectivity index (χ2n) is 15.2. The molecule has 0 radical (unpaired) electrons. The Bertz CT molecular complexity index is 3120. The zero-order valence-corrected chi connectivity index (χ0v) is 31.9. The summed E-state index contributed by atoms with van der Waals surface area (Å²) in [5.74, 6) is 2.35. The number of hydrogen-bond donors (Lipinski definition) is 0. The average Bonchev–Trinajstić information content (AvgIpc) is 3.74. The van der Waals surface area contributed by atoms with Crippen LogP contribution in [0.5, 0.6) is 0 Å². The molecule has 0 saturated carbocycles. The minimum absolute atomic E-state index is 0.342. The molecule has 0 fully saturated rings. The Hall–Kier alpha value is -7.64. The summed E-state index contributed by atoms with van der Waals surface area (Å²) in [6, 6.07) is 58.3. The molecule has 0 aliphatic heterocycles. The van der Waals surface area contributed by atoms with Gasteiger partial charge in [0.05, 0.1) is 22.4 Å². The maximum Gasteiger partial charge on any atom is 0.182 e. The molecule has 6 aromatic carbocycles. The lowest BCUT2D eigenvalue weighted by atomic mass is 9.81. The third-order valence-corrected chi connectivity index (χ3v) is 11.3. The van der Waals surface area contributed by atoms with Crippen molar-refractivity contribution in [2.75, 3.05) is 0 Å². The second-order valence-corrected chi connectivity index (χ2v) is 15.2. The number of pyridine rings is 1. The van der Waals surface area contributed by atoms with Gasteiger partial charge in [-0.3, -0.25) is 4.98 Å². The van der Waals surface area contributed by atoms with Gasteiger partial charge in [0.25, 0.3) is 0 Å². The number of para-hydroxylation sites is 2. The fraction of sp³-hybridized carbons (Fsp3) is 0.0588. The molecule has 10 aromatic rings. The standard InChI is InChI=1S/C51H35N7/c1-51(2)40-24-14-12-23-39(40)46-44(51)45(53-49(54-46)34-26-28-38-37-22-13-15-25-42(37)58(43(38)30-34)36-20-10-5-11-21-36)35-27-29-41(52-31-35)50-56-47(32-16-6-3-7-17-32)55-48(57-50)33-18-8-4-9-19-33/h3-31H,1-2H3. The SMILES string of the molecule is CC1(C)c2ccccc2-c2nc(-c3ccc4c5ccccc5n(-c5ccccc5)c4c3)nc(-c3ccc(-c4nc(-c5ccccc5)nc(-c5ccccc5)n4)nc3)c21. The molecular formula is C51H35N7. The van der Waals surface area contributed by atoms with Gasteiger partial charge in [-0.1, -0.05) is 147 Å². The Balaban J connectivity index is 1.08. The predicted molar refractivity (Wildman–Crippen MR) is 232 cm³/mol. The first kappa shape index (κ1) is 33.7. The van der Waals surface area contributed by atoms with Gasteiger partial charge in [-0.2, -0.15) is 0 Å². The fourth-order valence-corrected chi connectivity index (χ4v) is 8.51. The summed E-state index contributed by atoms with van der Waals surface area (Å²) < 4.78 is 2.33. The smallest absolute Gasteiger partial charge is 0.182 e. The summed E-state index contributed by atoms with van der Waals surface area (Å²) in [5, 5.41) is 2.38. The predicted octanol–water partition coefficient (Wildman–Crippen LogP) is 11.8. The summed E-state index contributed by atoms with van der Waals surface area (Å²) in [4.78, 5) is 30.5. The minimum Gasteiger partial charge on any atom is -0.309 e. The highest BCUT2D eigenvalue weighted by Crippen LogP contribution is 2.51. The Morgan fingerprint density at radius 2 is 1.00 bits per heavy atom. The first-order chi connectivity index (χ1) is 28.5. The van der Waals surface area contributed by atoms with E-state index in [4.69, 9.17) is 29.9 Å². The summed E-state index contributed by atoms with van der Waals surface area (Å²) in [6.45, 7) is 4.52. The van der Waals surface area contributed by atoms with Crippen molar-refractivity contribution >= 4 is 21.8 Å². The first-order valence-corrected chi connectivity index (χ1v) is 19.5. The van der Waals surface area contributed by atoms with Crippen LogP contribution in [0.1, 0.15) is 25.0 Å². The van der Waals surface area contributed by atoms with Crippen LogP contribution in [0, 0.1) is 0 Å². The number of aromatic nitrogens is 7. The molecule has 58 heavy (non-hydrogen) atoms. The van der Waals surface area contributed by atoms with Crippen molar-refractivity contribution in [2.24, 2.45) is 0 Å². The van der Waals surface area contributed by atoms with Crippen molar-refractivity contribution in [2.45, 2.75) is 19.3 Å². The first-order valence-electron chi connectivity index (χ1n) is 19.5. The Morgan fingerprint density at radius 1 is 0.431 bits per heavy atom. The van der Waals surface area contributed by atoms with Gasteiger partial charge in [0.15, 0.2) is 23.3 Å². The normalized spacial score (nSPS) is 12.8. The van der Waals surface area contributed by atoms with Crippen molar-refractivity contribution in [3.05, 3.63) is 187 Å². The van der Waals surface area contributed by atoms with E-state index >= 15 is 0 Å². The molecule has 0 amide bonds. The van der Waals surface area contributed by atoms with Crippen LogP contribution < -0.4 is 0 Å². The monoisotopic (exact) mass is 745 g/mol. The molecule has 4 aromatic heterocycles. The van der Waals surface area contributed by atoms with E-state index in [0.717, 1.165) is 61.5 Å². The van der Waals surface area contributed by atoms with Crippen molar-refractivity contribution in [3.63, 3.8) is 0 Å². The van der Waals surface area contributed by atoms with E-state index < -0.39 is 0 Å². The Morgan fingerprint density at radius 3 is 1.71 bits per heavy atom. The van der Waals surface area contributed by atoms with Gasteiger partial charge in [-0.05, 0) is 42.0 Å². The molecule has 4 heterocycles. The Labute approximate surface area is 335 Å². The fourth-order valence-electron chi connectivity index (χ4n) is 8.51. The molecule has 0 unspecified atom stereocenters. The van der Waals surface area contributed by atoms with Crippen LogP contribution in [0.25, 0.3) is 95.7 Å². The lowest BCUT2D eigenvalue weighted by molar-refractivity contribution is 0.658. The third kappa shape index (κ3) is 5.43. The summed E-state index contributed by atoms with van der Waals surface area (Å²) >= 11 is 0. The largest absolute Gasteiger partial charge is 0.309 e. The van der Waals surface area contributed by atoms with Gasteiger partial charge in [0, 0.05) is 61.5 Å².